The summed E-state index contributed by atoms with van der Waals surface area (Å²) in [5, 5.41) is 3.02. The number of carbonyl (C=O) groups is 2. The SMILES string of the molecule is CCCC(N)C(=O)NC1CCN(C(=O)C(CC)CC)CC1.Cl. The van der Waals surface area contributed by atoms with Crippen LogP contribution in [0.1, 0.15) is 59.3 Å². The quantitative estimate of drug-likeness (QED) is 0.749. The molecule has 0 spiro atoms. The van der Waals surface area contributed by atoms with E-state index in [-0.39, 0.29) is 36.2 Å². The minimum atomic E-state index is -0.403. The molecule has 22 heavy (non-hydrogen) atoms. The van der Waals surface area contributed by atoms with Crippen molar-refractivity contribution in [3.05, 3.63) is 0 Å². The van der Waals surface area contributed by atoms with E-state index in [0.717, 1.165) is 51.6 Å². The maximum absolute atomic E-state index is 12.3. The summed E-state index contributed by atoms with van der Waals surface area (Å²) >= 11 is 0. The van der Waals surface area contributed by atoms with Crippen LogP contribution < -0.4 is 11.1 Å². The third-order valence-electron chi connectivity index (χ3n) is 4.42. The molecule has 0 aromatic heterocycles. The van der Waals surface area contributed by atoms with Gasteiger partial charge in [0.2, 0.25) is 11.8 Å². The van der Waals surface area contributed by atoms with Gasteiger partial charge in [0, 0.05) is 25.0 Å². The van der Waals surface area contributed by atoms with Crippen LogP contribution in [0.25, 0.3) is 0 Å². The van der Waals surface area contributed by atoms with Crippen LogP contribution in [-0.4, -0.2) is 41.9 Å². The normalized spacial score (nSPS) is 17.0. The molecule has 1 rings (SSSR count). The van der Waals surface area contributed by atoms with Gasteiger partial charge in [-0.3, -0.25) is 9.59 Å². The number of carbonyl (C=O) groups excluding carboxylic acids is 2. The number of hydrogen-bond donors (Lipinski definition) is 2. The van der Waals surface area contributed by atoms with Gasteiger partial charge in [-0.1, -0.05) is 27.2 Å². The largest absolute Gasteiger partial charge is 0.352 e. The van der Waals surface area contributed by atoms with Gasteiger partial charge in [0.25, 0.3) is 0 Å². The van der Waals surface area contributed by atoms with E-state index >= 15 is 0 Å². The Hall–Kier alpha value is -0.810. The summed E-state index contributed by atoms with van der Waals surface area (Å²) in [5.74, 6) is 0.364. The molecule has 1 heterocycles. The van der Waals surface area contributed by atoms with Gasteiger partial charge < -0.3 is 16.0 Å². The summed E-state index contributed by atoms with van der Waals surface area (Å²) in [6.07, 6.45) is 5.09. The second-order valence-electron chi connectivity index (χ2n) is 6.02. The van der Waals surface area contributed by atoms with Crippen LogP contribution in [0.4, 0.5) is 0 Å². The fourth-order valence-electron chi connectivity index (χ4n) is 2.89. The van der Waals surface area contributed by atoms with Crippen molar-refractivity contribution in [3.8, 4) is 0 Å². The Bertz CT molecular complexity index is 340. The highest BCUT2D eigenvalue weighted by atomic mass is 35.5. The predicted molar refractivity (Wildman–Crippen MR) is 91.9 cm³/mol. The Morgan fingerprint density at radius 3 is 2.18 bits per heavy atom. The molecule has 0 aromatic carbocycles. The van der Waals surface area contributed by atoms with E-state index in [1.165, 1.54) is 0 Å². The third kappa shape index (κ3) is 6.13. The Labute approximate surface area is 140 Å². The lowest BCUT2D eigenvalue weighted by Crippen LogP contribution is -2.51. The second-order valence-corrected chi connectivity index (χ2v) is 6.02. The Morgan fingerprint density at radius 1 is 1.18 bits per heavy atom. The highest BCUT2D eigenvalue weighted by molar-refractivity contribution is 5.85. The lowest BCUT2D eigenvalue weighted by atomic mass is 9.98. The van der Waals surface area contributed by atoms with Crippen molar-refractivity contribution >= 4 is 24.2 Å². The van der Waals surface area contributed by atoms with Gasteiger partial charge in [-0.25, -0.2) is 0 Å². The monoisotopic (exact) mass is 333 g/mol. The molecule has 5 nitrogen and oxygen atoms in total. The molecule has 1 atom stereocenters. The van der Waals surface area contributed by atoms with Gasteiger partial charge >= 0.3 is 0 Å². The number of nitrogens with one attached hydrogen (secondary N) is 1. The van der Waals surface area contributed by atoms with Crippen molar-refractivity contribution in [2.45, 2.75) is 71.4 Å². The van der Waals surface area contributed by atoms with Gasteiger partial charge in [0.05, 0.1) is 6.04 Å². The average Bonchev–Trinajstić information content (AvgIpc) is 2.49. The number of nitrogens with two attached hydrogens (primary N) is 1. The van der Waals surface area contributed by atoms with Crippen LogP contribution >= 0.6 is 12.4 Å². The summed E-state index contributed by atoms with van der Waals surface area (Å²) < 4.78 is 0. The molecule has 1 saturated heterocycles. The summed E-state index contributed by atoms with van der Waals surface area (Å²) in [6.45, 7) is 7.63. The summed E-state index contributed by atoms with van der Waals surface area (Å²) in [5.41, 5.74) is 5.82. The van der Waals surface area contributed by atoms with Crippen molar-refractivity contribution in [2.75, 3.05) is 13.1 Å². The highest BCUT2D eigenvalue weighted by Crippen LogP contribution is 2.17. The van der Waals surface area contributed by atoms with Crippen molar-refractivity contribution in [1.82, 2.24) is 10.2 Å². The van der Waals surface area contributed by atoms with Gasteiger partial charge in [0.15, 0.2) is 0 Å². The van der Waals surface area contributed by atoms with Crippen molar-refractivity contribution in [3.63, 3.8) is 0 Å². The molecule has 3 N–H and O–H groups in total. The number of piperidine rings is 1. The summed E-state index contributed by atoms with van der Waals surface area (Å²) in [6, 6.07) is -0.245. The molecule has 1 fully saturated rings. The van der Waals surface area contributed by atoms with E-state index < -0.39 is 6.04 Å². The first-order chi connectivity index (χ1) is 10.0. The molecular weight excluding hydrogens is 302 g/mol. The number of hydrogen-bond acceptors (Lipinski definition) is 3. The van der Waals surface area contributed by atoms with E-state index in [1.54, 1.807) is 0 Å². The fraction of sp³-hybridized carbons (Fsp3) is 0.875. The van der Waals surface area contributed by atoms with Gasteiger partial charge in [-0.15, -0.1) is 12.4 Å². The first-order valence-electron chi connectivity index (χ1n) is 8.38. The van der Waals surface area contributed by atoms with Crippen LogP contribution in [0.5, 0.6) is 0 Å². The molecule has 6 heteroatoms. The number of likely N-dealkylation sites (tertiary alicyclic amines) is 1. The smallest absolute Gasteiger partial charge is 0.237 e. The molecule has 0 aliphatic carbocycles. The number of rotatable bonds is 7. The average molecular weight is 334 g/mol. The number of amides is 2. The van der Waals surface area contributed by atoms with E-state index in [9.17, 15) is 9.59 Å². The summed E-state index contributed by atoms with van der Waals surface area (Å²) in [7, 11) is 0. The molecule has 0 bridgehead atoms. The molecule has 0 radical (unpaired) electrons. The molecule has 2 amide bonds. The van der Waals surface area contributed by atoms with Crippen molar-refractivity contribution in [1.29, 1.82) is 0 Å². The minimum absolute atomic E-state index is 0. The maximum Gasteiger partial charge on any atom is 0.237 e. The summed E-state index contributed by atoms with van der Waals surface area (Å²) in [4.78, 5) is 26.2. The molecular formula is C16H32ClN3O2. The topological polar surface area (TPSA) is 75.4 Å². The zero-order valence-corrected chi connectivity index (χ0v) is 15.0. The van der Waals surface area contributed by atoms with Crippen LogP contribution in [0.2, 0.25) is 0 Å². The van der Waals surface area contributed by atoms with Gasteiger partial charge in [-0.2, -0.15) is 0 Å². The van der Waals surface area contributed by atoms with E-state index in [4.69, 9.17) is 5.73 Å². The van der Waals surface area contributed by atoms with Crippen LogP contribution in [0.15, 0.2) is 0 Å². The zero-order chi connectivity index (χ0) is 15.8. The molecule has 130 valence electrons. The Balaban J connectivity index is 0.00000441. The van der Waals surface area contributed by atoms with Crippen molar-refractivity contribution < 1.29 is 9.59 Å². The first kappa shape index (κ1) is 21.2. The van der Waals surface area contributed by atoms with Crippen LogP contribution in [0, 0.1) is 5.92 Å². The van der Waals surface area contributed by atoms with Crippen molar-refractivity contribution in [2.24, 2.45) is 11.7 Å². The third-order valence-corrected chi connectivity index (χ3v) is 4.42. The molecule has 1 aliphatic heterocycles. The van der Waals surface area contributed by atoms with Gasteiger partial charge in [-0.05, 0) is 32.1 Å². The maximum atomic E-state index is 12.3. The Kier molecular flexibility index (Phi) is 10.4. The second kappa shape index (κ2) is 10.8. The zero-order valence-electron chi connectivity index (χ0n) is 14.1. The van der Waals surface area contributed by atoms with Crippen LogP contribution in [-0.2, 0) is 9.59 Å². The molecule has 0 aromatic rings. The lowest BCUT2D eigenvalue weighted by molar-refractivity contribution is -0.137. The van der Waals surface area contributed by atoms with Crippen LogP contribution in [0.3, 0.4) is 0 Å². The molecule has 1 aliphatic rings. The van der Waals surface area contributed by atoms with Gasteiger partial charge in [0.1, 0.15) is 0 Å². The molecule has 0 saturated carbocycles. The molecule has 1 unspecified atom stereocenters. The fourth-order valence-corrected chi connectivity index (χ4v) is 2.89. The number of halogens is 1. The highest BCUT2D eigenvalue weighted by Gasteiger charge is 2.27. The van der Waals surface area contributed by atoms with E-state index in [1.807, 2.05) is 11.8 Å². The van der Waals surface area contributed by atoms with E-state index in [2.05, 4.69) is 19.2 Å². The van der Waals surface area contributed by atoms with E-state index in [0.29, 0.717) is 0 Å². The lowest BCUT2D eigenvalue weighted by Gasteiger charge is -2.34. The first-order valence-corrected chi connectivity index (χ1v) is 8.38. The Morgan fingerprint density at radius 2 is 1.73 bits per heavy atom. The standard InChI is InChI=1S/C16H31N3O2.ClH/c1-4-7-14(17)15(20)18-13-8-10-19(11-9-13)16(21)12(5-2)6-3;/h12-14H,4-11,17H2,1-3H3,(H,18,20);1H. The number of nitrogens with zero attached hydrogens (tertiary/aromatic N) is 1. The predicted octanol–water partition coefficient (Wildman–Crippen LogP) is 2.08. The minimum Gasteiger partial charge on any atom is -0.352 e.